The molecule has 15 heavy (non-hydrogen) atoms. The zero-order valence-corrected chi connectivity index (χ0v) is 8.70. The van der Waals surface area contributed by atoms with Crippen LogP contribution in [0.1, 0.15) is 18.3 Å². The molecular formula is C11H14N4. The van der Waals surface area contributed by atoms with Gasteiger partial charge in [-0.3, -0.25) is 0 Å². The van der Waals surface area contributed by atoms with Gasteiger partial charge in [0.1, 0.15) is 11.6 Å². The molecule has 4 nitrogen and oxygen atoms in total. The minimum atomic E-state index is 0.678. The molecule has 2 rings (SSSR count). The highest BCUT2D eigenvalue weighted by Crippen LogP contribution is 2.12. The highest BCUT2D eigenvalue weighted by Gasteiger charge is 2.01. The quantitative estimate of drug-likeness (QED) is 0.797. The Kier molecular flexibility index (Phi) is 2.97. The summed E-state index contributed by atoms with van der Waals surface area (Å²) in [6, 6.07) is 4.04. The van der Waals surface area contributed by atoms with E-state index in [-0.39, 0.29) is 0 Å². The fourth-order valence-electron chi connectivity index (χ4n) is 1.45. The van der Waals surface area contributed by atoms with E-state index in [2.05, 4.69) is 33.3 Å². The summed E-state index contributed by atoms with van der Waals surface area (Å²) < 4.78 is 0. The molecule has 0 saturated heterocycles. The van der Waals surface area contributed by atoms with E-state index >= 15 is 0 Å². The molecule has 0 aliphatic heterocycles. The molecule has 2 aromatic rings. The smallest absolute Gasteiger partial charge is 0.129 e. The second kappa shape index (κ2) is 4.59. The van der Waals surface area contributed by atoms with Crippen molar-refractivity contribution in [3.05, 3.63) is 42.1 Å². The molecule has 0 atom stereocenters. The third-order valence-corrected chi connectivity index (χ3v) is 2.25. The van der Waals surface area contributed by atoms with Crippen LogP contribution < -0.4 is 5.32 Å². The molecule has 0 saturated carbocycles. The van der Waals surface area contributed by atoms with E-state index in [9.17, 15) is 0 Å². The molecule has 0 aliphatic rings. The highest BCUT2D eigenvalue weighted by atomic mass is 15.0. The molecule has 0 aromatic carbocycles. The number of imidazole rings is 1. The average Bonchev–Trinajstić information content (AvgIpc) is 2.79. The lowest BCUT2D eigenvalue weighted by Crippen LogP contribution is -2.05. The predicted octanol–water partition coefficient (Wildman–Crippen LogP) is 1.98. The number of hydrogen-bond acceptors (Lipinski definition) is 3. The van der Waals surface area contributed by atoms with Gasteiger partial charge in [0.2, 0.25) is 0 Å². The maximum atomic E-state index is 4.30. The Morgan fingerprint density at radius 2 is 2.27 bits per heavy atom. The number of rotatable bonds is 4. The van der Waals surface area contributed by atoms with E-state index in [1.807, 2.05) is 12.3 Å². The second-order valence-electron chi connectivity index (χ2n) is 3.25. The molecule has 0 radical (unpaired) electrons. The van der Waals surface area contributed by atoms with E-state index in [4.69, 9.17) is 0 Å². The minimum absolute atomic E-state index is 0.678. The van der Waals surface area contributed by atoms with Crippen molar-refractivity contribution < 1.29 is 0 Å². The van der Waals surface area contributed by atoms with Crippen LogP contribution in [0.5, 0.6) is 0 Å². The summed E-state index contributed by atoms with van der Waals surface area (Å²) in [5, 5.41) is 3.26. The van der Waals surface area contributed by atoms with E-state index < -0.39 is 0 Å². The number of H-pyrrole nitrogens is 1. The van der Waals surface area contributed by atoms with Crippen molar-refractivity contribution in [2.75, 3.05) is 5.32 Å². The molecule has 0 unspecified atom stereocenters. The summed E-state index contributed by atoms with van der Waals surface area (Å²) in [7, 11) is 0. The normalized spacial score (nSPS) is 10.2. The van der Waals surface area contributed by atoms with Gasteiger partial charge in [0, 0.05) is 18.6 Å². The molecule has 0 amide bonds. The maximum absolute atomic E-state index is 4.30. The number of aromatic amines is 1. The van der Waals surface area contributed by atoms with E-state index in [0.717, 1.165) is 18.1 Å². The first-order valence-electron chi connectivity index (χ1n) is 5.06. The van der Waals surface area contributed by atoms with Crippen molar-refractivity contribution >= 4 is 5.82 Å². The number of hydrogen-bond donors (Lipinski definition) is 2. The number of nitrogens with one attached hydrogen (secondary N) is 2. The summed E-state index contributed by atoms with van der Waals surface area (Å²) in [5.41, 5.74) is 1.23. The maximum Gasteiger partial charge on any atom is 0.129 e. The average molecular weight is 202 g/mol. The molecule has 0 spiro atoms. The Balaban J connectivity index is 2.04. The zero-order valence-electron chi connectivity index (χ0n) is 8.70. The largest absolute Gasteiger partial charge is 0.363 e. The van der Waals surface area contributed by atoms with E-state index in [0.29, 0.717) is 6.54 Å². The Labute approximate surface area is 88.8 Å². The number of anilines is 1. The molecule has 78 valence electrons. The summed E-state index contributed by atoms with van der Waals surface area (Å²) >= 11 is 0. The SMILES string of the molecule is CCc1cccnc1NCc1ncc[nH]1. The van der Waals surface area contributed by atoms with Crippen LogP contribution in [0.25, 0.3) is 0 Å². The van der Waals surface area contributed by atoms with Gasteiger partial charge in [-0.2, -0.15) is 0 Å². The van der Waals surface area contributed by atoms with Gasteiger partial charge >= 0.3 is 0 Å². The third-order valence-electron chi connectivity index (χ3n) is 2.25. The number of nitrogens with zero attached hydrogens (tertiary/aromatic N) is 2. The van der Waals surface area contributed by atoms with Gasteiger partial charge < -0.3 is 10.3 Å². The van der Waals surface area contributed by atoms with Crippen LogP contribution in [0, 0.1) is 0 Å². The van der Waals surface area contributed by atoms with E-state index in [1.165, 1.54) is 5.56 Å². The Bertz CT molecular complexity index is 408. The molecule has 2 N–H and O–H groups in total. The molecule has 2 aromatic heterocycles. The highest BCUT2D eigenvalue weighted by molar-refractivity contribution is 5.43. The lowest BCUT2D eigenvalue weighted by molar-refractivity contribution is 0.974. The van der Waals surface area contributed by atoms with Gasteiger partial charge in [-0.1, -0.05) is 13.0 Å². The molecule has 0 fully saturated rings. The van der Waals surface area contributed by atoms with Gasteiger partial charge in [-0.15, -0.1) is 0 Å². The summed E-state index contributed by atoms with van der Waals surface area (Å²) in [6.45, 7) is 2.80. The predicted molar refractivity (Wildman–Crippen MR) is 59.5 cm³/mol. The fraction of sp³-hybridized carbons (Fsp3) is 0.273. The topological polar surface area (TPSA) is 53.6 Å². The van der Waals surface area contributed by atoms with E-state index in [1.54, 1.807) is 12.4 Å². The monoisotopic (exact) mass is 202 g/mol. The fourth-order valence-corrected chi connectivity index (χ4v) is 1.45. The van der Waals surface area contributed by atoms with Gasteiger partial charge in [-0.05, 0) is 18.1 Å². The lowest BCUT2D eigenvalue weighted by Gasteiger charge is -2.07. The molecule has 0 bridgehead atoms. The standard InChI is InChI=1S/C11H14N4/c1-2-9-4-3-5-14-11(9)15-8-10-12-6-7-13-10/h3-7H,2,8H2,1H3,(H,12,13)(H,14,15). The van der Waals surface area contributed by atoms with Crippen molar-refractivity contribution in [3.8, 4) is 0 Å². The first-order chi connectivity index (χ1) is 7.40. The van der Waals surface area contributed by atoms with Gasteiger partial charge in [0.25, 0.3) is 0 Å². The van der Waals surface area contributed by atoms with Crippen LogP contribution >= 0.6 is 0 Å². The second-order valence-corrected chi connectivity index (χ2v) is 3.25. The first kappa shape index (κ1) is 9.71. The first-order valence-corrected chi connectivity index (χ1v) is 5.06. The Morgan fingerprint density at radius 1 is 1.33 bits per heavy atom. The molecule has 2 heterocycles. The molecule has 0 aliphatic carbocycles. The third kappa shape index (κ3) is 2.34. The van der Waals surface area contributed by atoms with Crippen molar-refractivity contribution in [2.45, 2.75) is 19.9 Å². The van der Waals surface area contributed by atoms with Crippen LogP contribution in [0.15, 0.2) is 30.7 Å². The zero-order chi connectivity index (χ0) is 10.5. The summed E-state index contributed by atoms with van der Waals surface area (Å²) in [6.07, 6.45) is 6.34. The lowest BCUT2D eigenvalue weighted by atomic mass is 10.2. The number of aromatic nitrogens is 3. The Morgan fingerprint density at radius 3 is 3.00 bits per heavy atom. The van der Waals surface area contributed by atoms with Gasteiger partial charge in [-0.25, -0.2) is 9.97 Å². The van der Waals surface area contributed by atoms with Crippen LogP contribution in [0.2, 0.25) is 0 Å². The van der Waals surface area contributed by atoms with Crippen molar-refractivity contribution in [3.63, 3.8) is 0 Å². The van der Waals surface area contributed by atoms with Crippen LogP contribution in [0.3, 0.4) is 0 Å². The van der Waals surface area contributed by atoms with Crippen LogP contribution in [0.4, 0.5) is 5.82 Å². The van der Waals surface area contributed by atoms with Gasteiger partial charge in [0.05, 0.1) is 6.54 Å². The van der Waals surface area contributed by atoms with Crippen LogP contribution in [-0.4, -0.2) is 15.0 Å². The number of aryl methyl sites for hydroxylation is 1. The Hall–Kier alpha value is -1.84. The summed E-state index contributed by atoms with van der Waals surface area (Å²) in [5.74, 6) is 1.86. The number of pyridine rings is 1. The van der Waals surface area contributed by atoms with Gasteiger partial charge in [0.15, 0.2) is 0 Å². The molecule has 4 heteroatoms. The van der Waals surface area contributed by atoms with Crippen molar-refractivity contribution in [1.82, 2.24) is 15.0 Å². The van der Waals surface area contributed by atoms with Crippen LogP contribution in [-0.2, 0) is 13.0 Å². The minimum Gasteiger partial charge on any atom is -0.363 e. The summed E-state index contributed by atoms with van der Waals surface area (Å²) in [4.78, 5) is 11.5. The molecular weight excluding hydrogens is 188 g/mol. The van der Waals surface area contributed by atoms with Crippen molar-refractivity contribution in [2.24, 2.45) is 0 Å². The van der Waals surface area contributed by atoms with Crippen molar-refractivity contribution in [1.29, 1.82) is 0 Å².